The number of carbonyl (C=O) groups is 1. The number of ether oxygens (including phenoxy) is 4. The molecule has 1 fully saturated rings. The molecule has 2 atom stereocenters. The fourth-order valence-electron chi connectivity index (χ4n) is 4.55. The van der Waals surface area contributed by atoms with Crippen molar-refractivity contribution in [2.24, 2.45) is 10.7 Å². The Bertz CT molecular complexity index is 1600. The Hall–Kier alpha value is -4.98. The molecule has 14 heteroatoms. The first-order chi connectivity index (χ1) is 20.0. The van der Waals surface area contributed by atoms with Crippen molar-refractivity contribution in [2.45, 2.75) is 24.5 Å². The monoisotopic (exact) mass is 583 g/mol. The maximum atomic E-state index is 15.6. The van der Waals surface area contributed by atoms with E-state index in [1.54, 1.807) is 11.9 Å². The molecule has 5 N–H and O–H groups in total. The normalized spacial score (nSPS) is 19.5. The van der Waals surface area contributed by atoms with Gasteiger partial charge in [0.15, 0.2) is 17.3 Å². The molecule has 1 aromatic heterocycles. The molecule has 0 bridgehead atoms. The number of aliphatic imine (C=N–C) groups is 1. The van der Waals surface area contributed by atoms with Crippen LogP contribution in [0.15, 0.2) is 47.6 Å². The summed E-state index contributed by atoms with van der Waals surface area (Å²) in [6, 6.07) is 8.07. The van der Waals surface area contributed by atoms with Gasteiger partial charge in [-0.15, -0.1) is 0 Å². The molecule has 0 spiro atoms. The molecule has 220 valence electrons. The van der Waals surface area contributed by atoms with Crippen LogP contribution in [0.5, 0.6) is 34.6 Å². The van der Waals surface area contributed by atoms with Crippen molar-refractivity contribution < 1.29 is 42.7 Å². The van der Waals surface area contributed by atoms with Gasteiger partial charge in [-0.2, -0.15) is 4.39 Å². The number of hydrogen-bond donors (Lipinski definition) is 4. The first-order valence-electron chi connectivity index (χ1n) is 12.8. The second-order valence-corrected chi connectivity index (χ2v) is 9.68. The van der Waals surface area contributed by atoms with Crippen LogP contribution in [-0.4, -0.2) is 76.7 Å². The molecule has 12 nitrogen and oxygen atoms in total. The first-order valence-corrected chi connectivity index (χ1v) is 12.8. The maximum absolute atomic E-state index is 15.6. The average Bonchev–Trinajstić information content (AvgIpc) is 3.40. The lowest BCUT2D eigenvalue weighted by atomic mass is 9.76. The van der Waals surface area contributed by atoms with E-state index in [2.05, 4.69) is 9.98 Å². The first kappa shape index (κ1) is 28.5. The number of rotatable bonds is 9. The van der Waals surface area contributed by atoms with Gasteiger partial charge in [0.05, 0.1) is 25.4 Å². The van der Waals surface area contributed by atoms with E-state index in [-0.39, 0.29) is 35.1 Å². The highest BCUT2D eigenvalue weighted by Crippen LogP contribution is 2.41. The second kappa shape index (κ2) is 11.1. The van der Waals surface area contributed by atoms with Crippen LogP contribution < -0.4 is 19.9 Å². The van der Waals surface area contributed by atoms with Crippen molar-refractivity contribution in [3.8, 4) is 34.6 Å². The minimum absolute atomic E-state index is 0.00694. The van der Waals surface area contributed by atoms with Crippen molar-refractivity contribution in [3.05, 3.63) is 65.4 Å². The third-order valence-electron chi connectivity index (χ3n) is 7.00. The summed E-state index contributed by atoms with van der Waals surface area (Å²) in [5.74, 6) is -5.12. The molecule has 0 saturated heterocycles. The van der Waals surface area contributed by atoms with E-state index in [1.165, 1.54) is 43.5 Å². The molecule has 2 aromatic carbocycles. The zero-order valence-corrected chi connectivity index (χ0v) is 22.6. The number of methoxy groups -OCH3 is 1. The predicted octanol–water partition coefficient (Wildman–Crippen LogP) is 3.07. The van der Waals surface area contributed by atoms with Gasteiger partial charge in [0, 0.05) is 25.6 Å². The Kier molecular flexibility index (Phi) is 7.56. The third kappa shape index (κ3) is 5.11. The largest absolute Gasteiger partial charge is 0.504 e. The Morgan fingerprint density at radius 3 is 2.60 bits per heavy atom. The highest BCUT2D eigenvalue weighted by Gasteiger charge is 2.56. The van der Waals surface area contributed by atoms with E-state index >= 15 is 4.39 Å². The smallest absolute Gasteiger partial charge is 0.352 e. The SMILES string of the molecule is COC(=O)C1(Oc2ccc(Oc3c(F)cnc(Oc4cc(C(=N)N)ccc4O)c3F)c(C3=NCCN3C)c2)CCC1O. The summed E-state index contributed by atoms with van der Waals surface area (Å²) in [4.78, 5) is 22.4. The van der Waals surface area contributed by atoms with Gasteiger partial charge in [-0.05, 0) is 42.8 Å². The average molecular weight is 584 g/mol. The molecular formula is C28H27F2N5O7. The van der Waals surface area contributed by atoms with Crippen LogP contribution in [-0.2, 0) is 9.53 Å². The number of carbonyl (C=O) groups excluding carboxylic acids is 1. The number of aliphatic hydroxyl groups excluding tert-OH is 1. The molecule has 42 heavy (non-hydrogen) atoms. The van der Waals surface area contributed by atoms with Crippen LogP contribution in [0.4, 0.5) is 8.78 Å². The van der Waals surface area contributed by atoms with Crippen molar-refractivity contribution in [1.29, 1.82) is 5.41 Å². The number of nitrogens with two attached hydrogens (primary N) is 1. The third-order valence-corrected chi connectivity index (χ3v) is 7.00. The quantitative estimate of drug-likeness (QED) is 0.167. The Morgan fingerprint density at radius 2 is 1.98 bits per heavy atom. The number of nitrogens with one attached hydrogen (secondary N) is 1. The lowest BCUT2D eigenvalue weighted by Crippen LogP contribution is -2.62. The fraction of sp³-hybridized carbons (Fsp3) is 0.286. The number of halogens is 2. The molecule has 1 aliphatic heterocycles. The minimum atomic E-state index is -1.58. The predicted molar refractivity (Wildman–Crippen MR) is 145 cm³/mol. The number of benzene rings is 2. The van der Waals surface area contributed by atoms with E-state index in [1.807, 2.05) is 0 Å². The molecule has 2 heterocycles. The van der Waals surface area contributed by atoms with Gasteiger partial charge in [0.2, 0.25) is 17.2 Å². The van der Waals surface area contributed by atoms with E-state index in [0.717, 1.165) is 0 Å². The molecular weight excluding hydrogens is 556 g/mol. The number of amidine groups is 2. The van der Waals surface area contributed by atoms with Crippen LogP contribution in [0.1, 0.15) is 24.0 Å². The van der Waals surface area contributed by atoms with Gasteiger partial charge < -0.3 is 39.8 Å². The van der Waals surface area contributed by atoms with Crippen molar-refractivity contribution in [3.63, 3.8) is 0 Å². The van der Waals surface area contributed by atoms with Crippen LogP contribution in [0.2, 0.25) is 0 Å². The van der Waals surface area contributed by atoms with Gasteiger partial charge >= 0.3 is 5.97 Å². The van der Waals surface area contributed by atoms with Gasteiger partial charge in [-0.25, -0.2) is 14.2 Å². The standard InChI is InChI=1S/C28H27F2N5O7/c1-35-10-9-33-25(35)16-12-15(42-28(27(38)39-2)8-7-21(28)37)4-6-19(16)40-23-17(29)13-34-26(22(23)30)41-20-11-14(24(31)32)3-5-18(20)36/h3-6,11-13,21,36-37H,7-10H2,1-2H3,(H3,31,32). The van der Waals surface area contributed by atoms with Crippen molar-refractivity contribution in [2.75, 3.05) is 27.2 Å². The van der Waals surface area contributed by atoms with E-state index in [4.69, 9.17) is 30.1 Å². The lowest BCUT2D eigenvalue weighted by Gasteiger charge is -2.43. The summed E-state index contributed by atoms with van der Waals surface area (Å²) in [6.45, 7) is 1.03. The highest BCUT2D eigenvalue weighted by molar-refractivity contribution is 6.02. The topological polar surface area (TPSA) is 173 Å². The van der Waals surface area contributed by atoms with Crippen LogP contribution in [0.25, 0.3) is 0 Å². The summed E-state index contributed by atoms with van der Waals surface area (Å²) in [5.41, 5.74) is 4.38. The fourth-order valence-corrected chi connectivity index (χ4v) is 4.55. The van der Waals surface area contributed by atoms with Crippen molar-refractivity contribution in [1.82, 2.24) is 9.88 Å². The maximum Gasteiger partial charge on any atom is 0.352 e. The van der Waals surface area contributed by atoms with Crippen LogP contribution in [0.3, 0.4) is 0 Å². The molecule has 5 rings (SSSR count). The Balaban J connectivity index is 1.51. The van der Waals surface area contributed by atoms with E-state index in [9.17, 15) is 19.4 Å². The van der Waals surface area contributed by atoms with Crippen molar-refractivity contribution >= 4 is 17.6 Å². The number of pyridine rings is 1. The number of nitrogens with zero attached hydrogens (tertiary/aromatic N) is 3. The number of aromatic hydroxyl groups is 1. The van der Waals surface area contributed by atoms with Gasteiger partial charge in [-0.1, -0.05) is 0 Å². The highest BCUT2D eigenvalue weighted by atomic mass is 19.1. The summed E-state index contributed by atoms with van der Waals surface area (Å²) >= 11 is 0. The summed E-state index contributed by atoms with van der Waals surface area (Å²) in [6.07, 6.45) is 0.190. The molecule has 0 amide bonds. The molecule has 2 unspecified atom stereocenters. The number of likely N-dealkylation sites (N-methyl/N-ethyl adjacent to an activating group) is 1. The number of phenolic OH excluding ortho intramolecular Hbond substituents is 1. The minimum Gasteiger partial charge on any atom is -0.504 e. The lowest BCUT2D eigenvalue weighted by molar-refractivity contribution is -0.188. The number of aliphatic hydroxyl groups is 1. The molecule has 0 radical (unpaired) electrons. The number of phenols is 1. The van der Waals surface area contributed by atoms with E-state index in [0.29, 0.717) is 37.1 Å². The number of nitrogen functional groups attached to an aromatic ring is 1. The number of aromatic nitrogens is 1. The molecule has 3 aromatic rings. The number of hydrogen-bond acceptors (Lipinski definition) is 11. The number of esters is 1. The second-order valence-electron chi connectivity index (χ2n) is 9.68. The zero-order valence-electron chi connectivity index (χ0n) is 22.6. The summed E-state index contributed by atoms with van der Waals surface area (Å²) < 4.78 is 52.4. The summed E-state index contributed by atoms with van der Waals surface area (Å²) in [7, 11) is 2.97. The summed E-state index contributed by atoms with van der Waals surface area (Å²) in [5, 5.41) is 28.0. The Morgan fingerprint density at radius 1 is 1.19 bits per heavy atom. The Labute approximate surface area is 238 Å². The molecule has 1 saturated carbocycles. The van der Waals surface area contributed by atoms with Crippen LogP contribution >= 0.6 is 0 Å². The van der Waals surface area contributed by atoms with E-state index < -0.39 is 46.7 Å². The molecule has 1 aliphatic carbocycles. The molecule has 2 aliphatic rings. The zero-order chi connectivity index (χ0) is 30.2. The van der Waals surface area contributed by atoms with Gasteiger partial charge in [0.25, 0.3) is 5.88 Å². The van der Waals surface area contributed by atoms with Gasteiger partial charge in [-0.3, -0.25) is 10.4 Å². The van der Waals surface area contributed by atoms with Crippen LogP contribution in [0, 0.1) is 17.0 Å². The van der Waals surface area contributed by atoms with Gasteiger partial charge in [0.1, 0.15) is 29.3 Å².